The SMILES string of the molecule is CC(=O)O[C@@H]1[C@@H](COS(=O)(=O)c2ccc(C)cc2)OC(O)[C@@H]1OC(C)=O. The normalized spacial score (nSPS) is 25.7. The Bertz CT molecular complexity index is 756. The number of rotatable bonds is 6. The summed E-state index contributed by atoms with van der Waals surface area (Å²) in [6.45, 7) is 3.51. The maximum atomic E-state index is 12.2. The number of hydrogen-bond donors (Lipinski definition) is 1. The Kier molecular flexibility index (Phi) is 6.34. The molecule has 0 radical (unpaired) electrons. The van der Waals surface area contributed by atoms with Crippen molar-refractivity contribution in [1.29, 1.82) is 0 Å². The van der Waals surface area contributed by atoms with E-state index >= 15 is 0 Å². The van der Waals surface area contributed by atoms with Crippen molar-refractivity contribution in [2.75, 3.05) is 6.61 Å². The summed E-state index contributed by atoms with van der Waals surface area (Å²) < 4.78 is 44.5. The van der Waals surface area contributed by atoms with Gasteiger partial charge in [-0.1, -0.05) is 17.7 Å². The molecule has 1 N–H and O–H groups in total. The van der Waals surface area contributed by atoms with Crippen LogP contribution in [-0.2, 0) is 38.1 Å². The lowest BCUT2D eigenvalue weighted by Crippen LogP contribution is -2.41. The molecule has 1 aliphatic heterocycles. The first-order valence-electron chi connectivity index (χ1n) is 7.74. The van der Waals surface area contributed by atoms with Gasteiger partial charge in [-0.25, -0.2) is 0 Å². The molecule has 1 aromatic rings. The van der Waals surface area contributed by atoms with Gasteiger partial charge in [0.25, 0.3) is 10.1 Å². The summed E-state index contributed by atoms with van der Waals surface area (Å²) in [5.74, 6) is -1.43. The van der Waals surface area contributed by atoms with Crippen LogP contribution in [0.1, 0.15) is 19.4 Å². The molecule has 144 valence electrons. The zero-order valence-electron chi connectivity index (χ0n) is 14.4. The lowest BCUT2D eigenvalue weighted by Gasteiger charge is -2.22. The van der Waals surface area contributed by atoms with Gasteiger partial charge < -0.3 is 19.3 Å². The van der Waals surface area contributed by atoms with Gasteiger partial charge in [-0.3, -0.25) is 13.8 Å². The molecule has 26 heavy (non-hydrogen) atoms. The van der Waals surface area contributed by atoms with Crippen LogP contribution in [0.3, 0.4) is 0 Å². The molecule has 2 rings (SSSR count). The van der Waals surface area contributed by atoms with Crippen LogP contribution in [0.2, 0.25) is 0 Å². The Hall–Kier alpha value is -2.01. The van der Waals surface area contributed by atoms with Crippen molar-refractivity contribution in [3.05, 3.63) is 29.8 Å². The van der Waals surface area contributed by atoms with Crippen molar-refractivity contribution in [3.8, 4) is 0 Å². The van der Waals surface area contributed by atoms with E-state index in [2.05, 4.69) is 0 Å². The highest BCUT2D eigenvalue weighted by Crippen LogP contribution is 2.27. The maximum Gasteiger partial charge on any atom is 0.303 e. The molecule has 9 nitrogen and oxygen atoms in total. The van der Waals surface area contributed by atoms with Gasteiger partial charge in [0.15, 0.2) is 18.5 Å². The van der Waals surface area contributed by atoms with Gasteiger partial charge in [-0.15, -0.1) is 0 Å². The summed E-state index contributed by atoms with van der Waals surface area (Å²) in [7, 11) is -4.08. The van der Waals surface area contributed by atoms with Crippen LogP contribution in [0, 0.1) is 6.92 Å². The first-order chi connectivity index (χ1) is 12.1. The summed E-state index contributed by atoms with van der Waals surface area (Å²) in [6, 6.07) is 6.01. The van der Waals surface area contributed by atoms with Gasteiger partial charge in [0, 0.05) is 13.8 Å². The third-order valence-electron chi connectivity index (χ3n) is 3.59. The fourth-order valence-electron chi connectivity index (χ4n) is 2.42. The Labute approximate surface area is 150 Å². The van der Waals surface area contributed by atoms with Gasteiger partial charge in [-0.05, 0) is 19.1 Å². The van der Waals surface area contributed by atoms with Crippen LogP contribution < -0.4 is 0 Å². The van der Waals surface area contributed by atoms with E-state index in [1.165, 1.54) is 12.1 Å². The fourth-order valence-corrected chi connectivity index (χ4v) is 3.34. The average Bonchev–Trinajstić information content (AvgIpc) is 2.81. The van der Waals surface area contributed by atoms with Gasteiger partial charge in [-0.2, -0.15) is 8.42 Å². The van der Waals surface area contributed by atoms with Crippen LogP contribution in [0.15, 0.2) is 29.2 Å². The van der Waals surface area contributed by atoms with Crippen molar-refractivity contribution >= 4 is 22.1 Å². The summed E-state index contributed by atoms with van der Waals surface area (Å²) >= 11 is 0. The predicted molar refractivity (Wildman–Crippen MR) is 86.3 cm³/mol. The van der Waals surface area contributed by atoms with E-state index in [0.717, 1.165) is 19.4 Å². The van der Waals surface area contributed by atoms with Crippen molar-refractivity contribution < 1.29 is 41.5 Å². The number of aliphatic hydroxyl groups excluding tert-OH is 1. The predicted octanol–water partition coefficient (Wildman–Crippen LogP) is 0.281. The zero-order chi connectivity index (χ0) is 19.5. The van der Waals surface area contributed by atoms with Crippen molar-refractivity contribution in [2.45, 2.75) is 50.3 Å². The Morgan fingerprint density at radius 3 is 2.15 bits per heavy atom. The van der Waals surface area contributed by atoms with Gasteiger partial charge >= 0.3 is 11.9 Å². The summed E-state index contributed by atoms with van der Waals surface area (Å²) in [5.41, 5.74) is 0.880. The molecule has 0 aliphatic carbocycles. The zero-order valence-corrected chi connectivity index (χ0v) is 15.3. The number of esters is 2. The number of aliphatic hydroxyl groups is 1. The summed E-state index contributed by atoms with van der Waals surface area (Å²) in [5, 5.41) is 9.87. The second kappa shape index (κ2) is 8.12. The molecular weight excluding hydrogens is 368 g/mol. The van der Waals surface area contributed by atoms with Crippen molar-refractivity contribution in [2.24, 2.45) is 0 Å². The molecule has 1 aromatic carbocycles. The highest BCUT2D eigenvalue weighted by Gasteiger charge is 2.49. The molecule has 1 aliphatic rings. The standard InChI is InChI=1S/C16H20O9S/c1-9-4-6-12(7-5-9)26(20,21)22-8-13-14(23-10(2)17)15(16(19)25-13)24-11(3)18/h4-7,13-16,19H,8H2,1-3H3/t13-,14-,15-,16?/m1/s1. The molecule has 1 fully saturated rings. The van der Waals surface area contributed by atoms with Gasteiger partial charge in [0.1, 0.15) is 6.10 Å². The van der Waals surface area contributed by atoms with Crippen LogP contribution in [0.5, 0.6) is 0 Å². The highest BCUT2D eigenvalue weighted by atomic mass is 32.2. The number of aryl methyl sites for hydroxylation is 1. The van der Waals surface area contributed by atoms with E-state index in [1.807, 2.05) is 6.92 Å². The second-order valence-electron chi connectivity index (χ2n) is 5.76. The summed E-state index contributed by atoms with van der Waals surface area (Å²) in [4.78, 5) is 22.4. The smallest absolute Gasteiger partial charge is 0.303 e. The Morgan fingerprint density at radius 1 is 1.08 bits per heavy atom. The third-order valence-corrected chi connectivity index (χ3v) is 4.88. The molecule has 0 spiro atoms. The monoisotopic (exact) mass is 388 g/mol. The van der Waals surface area contributed by atoms with E-state index in [4.69, 9.17) is 18.4 Å². The molecule has 1 saturated heterocycles. The largest absolute Gasteiger partial charge is 0.455 e. The molecule has 4 atom stereocenters. The van der Waals surface area contributed by atoms with E-state index in [0.29, 0.717) is 0 Å². The fraction of sp³-hybridized carbons (Fsp3) is 0.500. The second-order valence-corrected chi connectivity index (χ2v) is 7.38. The van der Waals surface area contributed by atoms with Crippen molar-refractivity contribution in [1.82, 2.24) is 0 Å². The lowest BCUT2D eigenvalue weighted by atomic mass is 10.1. The van der Waals surface area contributed by atoms with E-state index < -0.39 is 53.3 Å². The molecule has 1 heterocycles. The minimum atomic E-state index is -4.08. The molecule has 10 heteroatoms. The molecule has 0 saturated carbocycles. The quantitative estimate of drug-likeness (QED) is 0.540. The molecule has 0 bridgehead atoms. The first kappa shape index (κ1) is 20.3. The Morgan fingerprint density at radius 2 is 1.62 bits per heavy atom. The van der Waals surface area contributed by atoms with Crippen LogP contribution in [0.4, 0.5) is 0 Å². The maximum absolute atomic E-state index is 12.2. The number of carbonyl (C=O) groups excluding carboxylic acids is 2. The van der Waals surface area contributed by atoms with Crippen LogP contribution >= 0.6 is 0 Å². The van der Waals surface area contributed by atoms with Gasteiger partial charge in [0.2, 0.25) is 0 Å². The molecule has 0 amide bonds. The van der Waals surface area contributed by atoms with Crippen LogP contribution in [-0.4, -0.2) is 56.7 Å². The Balaban J connectivity index is 2.12. The number of hydrogen-bond acceptors (Lipinski definition) is 9. The first-order valence-corrected chi connectivity index (χ1v) is 9.15. The van der Waals surface area contributed by atoms with Gasteiger partial charge in [0.05, 0.1) is 11.5 Å². The topological polar surface area (TPSA) is 125 Å². The molecule has 1 unspecified atom stereocenters. The minimum absolute atomic E-state index is 0.0535. The van der Waals surface area contributed by atoms with Crippen molar-refractivity contribution in [3.63, 3.8) is 0 Å². The highest BCUT2D eigenvalue weighted by molar-refractivity contribution is 7.86. The number of ether oxygens (including phenoxy) is 3. The molecule has 0 aromatic heterocycles. The number of benzene rings is 1. The number of carbonyl (C=O) groups is 2. The van der Waals surface area contributed by atoms with E-state index in [1.54, 1.807) is 12.1 Å². The lowest BCUT2D eigenvalue weighted by molar-refractivity contribution is -0.174. The van der Waals surface area contributed by atoms with Crippen LogP contribution in [0.25, 0.3) is 0 Å². The molecular formula is C16H20O9S. The summed E-state index contributed by atoms with van der Waals surface area (Å²) in [6.07, 6.45) is -5.22. The third kappa shape index (κ3) is 5.01. The minimum Gasteiger partial charge on any atom is -0.455 e. The van der Waals surface area contributed by atoms with E-state index in [9.17, 15) is 23.1 Å². The average molecular weight is 388 g/mol. The van der Waals surface area contributed by atoms with E-state index in [-0.39, 0.29) is 4.90 Å².